The van der Waals surface area contributed by atoms with Crippen LogP contribution in [0.4, 0.5) is 14.6 Å². The lowest BCUT2D eigenvalue weighted by molar-refractivity contribution is 0.163. The van der Waals surface area contributed by atoms with Gasteiger partial charge in [0.15, 0.2) is 17.4 Å². The zero-order valence-corrected chi connectivity index (χ0v) is 15.5. The fraction of sp³-hybridized carbons (Fsp3) is 0.450. The number of rotatable bonds is 5. The van der Waals surface area contributed by atoms with Crippen molar-refractivity contribution in [2.75, 3.05) is 18.0 Å². The summed E-state index contributed by atoms with van der Waals surface area (Å²) in [5.41, 5.74) is 2.41. The minimum atomic E-state index is -0.696. The molecule has 0 saturated carbocycles. The third-order valence-electron chi connectivity index (χ3n) is 4.87. The molecule has 2 heterocycles. The Labute approximate surface area is 157 Å². The van der Waals surface area contributed by atoms with Crippen molar-refractivity contribution in [3.8, 4) is 11.8 Å². The average molecular weight is 372 g/mol. The van der Waals surface area contributed by atoms with Gasteiger partial charge in [-0.3, -0.25) is 0 Å². The van der Waals surface area contributed by atoms with Crippen LogP contribution in [0.15, 0.2) is 18.2 Å². The molecule has 0 aliphatic carbocycles. The fourth-order valence-electron chi connectivity index (χ4n) is 3.44. The maximum absolute atomic E-state index is 13.8. The van der Waals surface area contributed by atoms with E-state index in [0.717, 1.165) is 30.2 Å². The number of hydrogen-bond acceptors (Lipinski definition) is 5. The molecular formula is C20H22F2N4O. The van der Waals surface area contributed by atoms with E-state index in [2.05, 4.69) is 16.3 Å². The molecule has 0 amide bonds. The van der Waals surface area contributed by atoms with Gasteiger partial charge < -0.3 is 9.64 Å². The molecule has 0 radical (unpaired) electrons. The number of hydrogen-bond donors (Lipinski definition) is 0. The first-order valence-electron chi connectivity index (χ1n) is 9.22. The van der Waals surface area contributed by atoms with Gasteiger partial charge in [0.2, 0.25) is 0 Å². The molecule has 1 saturated heterocycles. The normalized spacial score (nSPS) is 14.9. The Kier molecular flexibility index (Phi) is 5.84. The largest absolute Gasteiger partial charge is 0.487 e. The molecule has 1 aliphatic heterocycles. The molecule has 1 aromatic carbocycles. The van der Waals surface area contributed by atoms with E-state index in [4.69, 9.17) is 4.74 Å². The average Bonchev–Trinajstić information content (AvgIpc) is 2.69. The van der Waals surface area contributed by atoms with Crippen LogP contribution in [0.2, 0.25) is 0 Å². The minimum Gasteiger partial charge on any atom is -0.487 e. The van der Waals surface area contributed by atoms with Crippen LogP contribution in [-0.2, 0) is 12.8 Å². The number of aromatic nitrogens is 2. The second-order valence-corrected chi connectivity index (χ2v) is 6.52. The Morgan fingerprint density at radius 2 is 1.93 bits per heavy atom. The first-order chi connectivity index (χ1) is 13.1. The van der Waals surface area contributed by atoms with Crippen molar-refractivity contribution in [2.45, 2.75) is 45.6 Å². The molecule has 0 unspecified atom stereocenters. The Bertz CT molecular complexity index is 858. The van der Waals surface area contributed by atoms with Crippen molar-refractivity contribution in [1.29, 1.82) is 5.26 Å². The van der Waals surface area contributed by atoms with Crippen LogP contribution in [-0.4, -0.2) is 29.4 Å². The summed E-state index contributed by atoms with van der Waals surface area (Å²) in [5, 5.41) is 18.2. The van der Waals surface area contributed by atoms with Crippen molar-refractivity contribution >= 4 is 5.82 Å². The number of nitriles is 1. The van der Waals surface area contributed by atoms with Crippen LogP contribution in [0.1, 0.15) is 43.5 Å². The summed E-state index contributed by atoms with van der Waals surface area (Å²) in [5.74, 6) is -0.650. The van der Waals surface area contributed by atoms with Gasteiger partial charge in [0, 0.05) is 32.0 Å². The smallest absolute Gasteiger partial charge is 0.169 e. The second kappa shape index (κ2) is 8.30. The van der Waals surface area contributed by atoms with Gasteiger partial charge >= 0.3 is 0 Å². The van der Waals surface area contributed by atoms with Gasteiger partial charge in [0.05, 0.1) is 5.69 Å². The molecule has 1 fully saturated rings. The Morgan fingerprint density at radius 3 is 2.52 bits per heavy atom. The molecule has 3 rings (SSSR count). The molecule has 0 bridgehead atoms. The zero-order valence-electron chi connectivity index (χ0n) is 15.5. The van der Waals surface area contributed by atoms with Gasteiger partial charge in [-0.15, -0.1) is 5.10 Å². The van der Waals surface area contributed by atoms with Crippen molar-refractivity contribution in [3.63, 3.8) is 0 Å². The van der Waals surface area contributed by atoms with Crippen LogP contribution < -0.4 is 9.64 Å². The molecule has 142 valence electrons. The van der Waals surface area contributed by atoms with E-state index in [1.54, 1.807) is 0 Å². The van der Waals surface area contributed by atoms with E-state index < -0.39 is 11.6 Å². The Balaban J connectivity index is 1.71. The predicted molar refractivity (Wildman–Crippen MR) is 97.7 cm³/mol. The van der Waals surface area contributed by atoms with E-state index in [1.807, 2.05) is 18.7 Å². The first-order valence-corrected chi connectivity index (χ1v) is 9.22. The molecular weight excluding hydrogens is 350 g/mol. The summed E-state index contributed by atoms with van der Waals surface area (Å²) < 4.78 is 32.5. The highest BCUT2D eigenvalue weighted by Gasteiger charge is 2.26. The third-order valence-corrected chi connectivity index (χ3v) is 4.87. The van der Waals surface area contributed by atoms with Crippen LogP contribution >= 0.6 is 0 Å². The highest BCUT2D eigenvalue weighted by Crippen LogP contribution is 2.28. The van der Waals surface area contributed by atoms with Gasteiger partial charge in [-0.1, -0.05) is 13.8 Å². The molecule has 1 aliphatic rings. The van der Waals surface area contributed by atoms with Crippen molar-refractivity contribution in [1.82, 2.24) is 10.2 Å². The van der Waals surface area contributed by atoms with Gasteiger partial charge in [-0.2, -0.15) is 10.4 Å². The maximum Gasteiger partial charge on any atom is 0.169 e. The minimum absolute atomic E-state index is 0.0629. The predicted octanol–water partition coefficient (Wildman–Crippen LogP) is 3.80. The molecule has 5 nitrogen and oxygen atoms in total. The maximum atomic E-state index is 13.8. The zero-order chi connectivity index (χ0) is 19.4. The molecule has 27 heavy (non-hydrogen) atoms. The van der Waals surface area contributed by atoms with Crippen molar-refractivity contribution in [2.24, 2.45) is 0 Å². The van der Waals surface area contributed by atoms with Gasteiger partial charge in [-0.25, -0.2) is 8.78 Å². The number of aryl methyl sites for hydroxylation is 1. The standard InChI is InChI=1S/C20H22F2N4O/c1-3-15-16(12-23)20(25-24-18(15)4-2)26-9-7-14(8-10-26)27-19-6-5-13(21)11-17(19)22/h5-6,11,14H,3-4,7-10H2,1-2H3. The molecule has 2 aromatic rings. The third kappa shape index (κ3) is 4.00. The topological polar surface area (TPSA) is 62.0 Å². The number of piperidine rings is 1. The summed E-state index contributed by atoms with van der Waals surface area (Å²) in [6.07, 6.45) is 2.61. The van der Waals surface area contributed by atoms with E-state index in [1.165, 1.54) is 12.1 Å². The molecule has 1 aromatic heterocycles. The van der Waals surface area contributed by atoms with E-state index in [9.17, 15) is 14.0 Å². The number of benzene rings is 1. The molecule has 7 heteroatoms. The molecule has 0 N–H and O–H groups in total. The Morgan fingerprint density at radius 1 is 1.19 bits per heavy atom. The molecule has 0 spiro atoms. The number of nitrogens with zero attached hydrogens (tertiary/aromatic N) is 4. The highest BCUT2D eigenvalue weighted by molar-refractivity contribution is 5.58. The SMILES string of the molecule is CCc1nnc(N2CCC(Oc3ccc(F)cc3F)CC2)c(C#N)c1CC. The quantitative estimate of drug-likeness (QED) is 0.799. The monoisotopic (exact) mass is 372 g/mol. The van der Waals surface area contributed by atoms with Crippen molar-refractivity contribution in [3.05, 3.63) is 46.7 Å². The summed E-state index contributed by atoms with van der Waals surface area (Å²) in [7, 11) is 0. The van der Waals surface area contributed by atoms with Crippen LogP contribution in [0.25, 0.3) is 0 Å². The highest BCUT2D eigenvalue weighted by atomic mass is 19.1. The molecule has 0 atom stereocenters. The number of halogens is 2. The summed E-state index contributed by atoms with van der Waals surface area (Å²) in [6, 6.07) is 5.61. The Hall–Kier alpha value is -2.75. The van der Waals surface area contributed by atoms with E-state index in [-0.39, 0.29) is 11.9 Å². The van der Waals surface area contributed by atoms with E-state index >= 15 is 0 Å². The van der Waals surface area contributed by atoms with Crippen LogP contribution in [0, 0.1) is 23.0 Å². The lowest BCUT2D eigenvalue weighted by Crippen LogP contribution is -2.39. The lowest BCUT2D eigenvalue weighted by atomic mass is 10.0. The number of ether oxygens (including phenoxy) is 1. The second-order valence-electron chi connectivity index (χ2n) is 6.52. The van der Waals surface area contributed by atoms with Gasteiger partial charge in [0.25, 0.3) is 0 Å². The fourth-order valence-corrected chi connectivity index (χ4v) is 3.44. The summed E-state index contributed by atoms with van der Waals surface area (Å²) in [4.78, 5) is 2.03. The lowest BCUT2D eigenvalue weighted by Gasteiger charge is -2.33. The summed E-state index contributed by atoms with van der Waals surface area (Å²) >= 11 is 0. The van der Waals surface area contributed by atoms with Crippen LogP contribution in [0.5, 0.6) is 5.75 Å². The van der Waals surface area contributed by atoms with E-state index in [0.29, 0.717) is 37.3 Å². The number of anilines is 1. The van der Waals surface area contributed by atoms with Gasteiger partial charge in [-0.05, 0) is 30.5 Å². The van der Waals surface area contributed by atoms with Crippen molar-refractivity contribution < 1.29 is 13.5 Å². The summed E-state index contributed by atoms with van der Waals surface area (Å²) in [6.45, 7) is 5.27. The van der Waals surface area contributed by atoms with Gasteiger partial charge in [0.1, 0.15) is 23.6 Å². The first kappa shape index (κ1) is 19.0. The van der Waals surface area contributed by atoms with Crippen LogP contribution in [0.3, 0.4) is 0 Å².